The Hall–Kier alpha value is -1.91. The molecule has 2 rings (SSSR count). The van der Waals surface area contributed by atoms with E-state index in [1.165, 1.54) is 0 Å². The van der Waals surface area contributed by atoms with Crippen LogP contribution in [0.25, 0.3) is 0 Å². The quantitative estimate of drug-likeness (QED) is 0.622. The molecule has 5 heteroatoms. The molecular weight excluding hydrogens is 184 g/mol. The summed E-state index contributed by atoms with van der Waals surface area (Å²) in [7, 11) is 0. The van der Waals surface area contributed by atoms with E-state index >= 15 is 0 Å². The minimum Gasteiger partial charge on any atom is -0.486 e. The van der Waals surface area contributed by atoms with E-state index < -0.39 is 5.91 Å². The Labute approximate surface area is 80.6 Å². The lowest BCUT2D eigenvalue weighted by Gasteiger charge is -2.20. The maximum atomic E-state index is 11.1. The van der Waals surface area contributed by atoms with Gasteiger partial charge in [0.25, 0.3) is 5.91 Å². The number of carbonyl (C=O) groups is 1. The Morgan fingerprint density at radius 2 is 2.00 bits per heavy atom. The first kappa shape index (κ1) is 8.68. The van der Waals surface area contributed by atoms with Crippen LogP contribution in [0.3, 0.4) is 0 Å². The Morgan fingerprint density at radius 3 is 2.71 bits per heavy atom. The molecule has 74 valence electrons. The van der Waals surface area contributed by atoms with Crippen molar-refractivity contribution in [1.82, 2.24) is 0 Å². The number of rotatable bonds is 1. The molecule has 0 spiro atoms. The van der Waals surface area contributed by atoms with Gasteiger partial charge in [0.2, 0.25) is 0 Å². The van der Waals surface area contributed by atoms with Gasteiger partial charge in [-0.05, 0) is 12.1 Å². The molecule has 1 heterocycles. The van der Waals surface area contributed by atoms with Gasteiger partial charge in [-0.15, -0.1) is 0 Å². The van der Waals surface area contributed by atoms with Gasteiger partial charge in [0.15, 0.2) is 11.5 Å². The summed E-state index contributed by atoms with van der Waals surface area (Å²) >= 11 is 0. The van der Waals surface area contributed by atoms with E-state index in [4.69, 9.17) is 20.9 Å². The van der Waals surface area contributed by atoms with E-state index in [9.17, 15) is 4.79 Å². The van der Waals surface area contributed by atoms with Crippen LogP contribution < -0.4 is 20.9 Å². The molecule has 4 N–H and O–H groups in total. The van der Waals surface area contributed by atoms with Gasteiger partial charge < -0.3 is 20.9 Å². The molecule has 1 amide bonds. The highest BCUT2D eigenvalue weighted by atomic mass is 16.6. The summed E-state index contributed by atoms with van der Waals surface area (Å²) in [5.41, 5.74) is 11.3. The van der Waals surface area contributed by atoms with Crippen LogP contribution in [-0.4, -0.2) is 19.1 Å². The monoisotopic (exact) mass is 194 g/mol. The van der Waals surface area contributed by atoms with Crippen LogP contribution in [0.15, 0.2) is 12.1 Å². The number of benzene rings is 1. The standard InChI is InChI=1S/C9H10N2O3/c10-5-1-2-6-8(7(5)9(11)12)14-4-3-13-6/h1-2H,3-4,10H2,(H2,11,12). The predicted octanol–water partition coefficient (Wildman–Crippen LogP) is 0.139. The predicted molar refractivity (Wildman–Crippen MR) is 50.4 cm³/mol. The highest BCUT2D eigenvalue weighted by Gasteiger charge is 2.21. The van der Waals surface area contributed by atoms with E-state index in [0.29, 0.717) is 30.4 Å². The van der Waals surface area contributed by atoms with Crippen LogP contribution >= 0.6 is 0 Å². The number of carbonyl (C=O) groups excluding carboxylic acids is 1. The van der Waals surface area contributed by atoms with Crippen molar-refractivity contribution in [3.8, 4) is 11.5 Å². The second-order valence-electron chi connectivity index (χ2n) is 2.92. The lowest BCUT2D eigenvalue weighted by molar-refractivity contribution is 0.0990. The summed E-state index contributed by atoms with van der Waals surface area (Å²) in [5.74, 6) is 0.257. The topological polar surface area (TPSA) is 87.6 Å². The van der Waals surface area contributed by atoms with Crippen molar-refractivity contribution in [2.45, 2.75) is 0 Å². The highest BCUT2D eigenvalue weighted by molar-refractivity contribution is 6.01. The van der Waals surface area contributed by atoms with Crippen molar-refractivity contribution < 1.29 is 14.3 Å². The zero-order valence-electron chi connectivity index (χ0n) is 7.45. The van der Waals surface area contributed by atoms with E-state index in [2.05, 4.69) is 0 Å². The molecule has 5 nitrogen and oxygen atoms in total. The van der Waals surface area contributed by atoms with Gasteiger partial charge in [0, 0.05) is 5.69 Å². The molecule has 0 saturated carbocycles. The molecule has 0 atom stereocenters. The number of nitrogens with two attached hydrogens (primary N) is 2. The van der Waals surface area contributed by atoms with Crippen LogP contribution in [0, 0.1) is 0 Å². The van der Waals surface area contributed by atoms with E-state index in [-0.39, 0.29) is 5.56 Å². The molecule has 1 aromatic rings. The average molecular weight is 194 g/mol. The third-order valence-electron chi connectivity index (χ3n) is 1.99. The summed E-state index contributed by atoms with van der Waals surface area (Å²) in [6.07, 6.45) is 0. The van der Waals surface area contributed by atoms with E-state index in [1.54, 1.807) is 12.1 Å². The van der Waals surface area contributed by atoms with Gasteiger partial charge in [-0.2, -0.15) is 0 Å². The number of hydrogen-bond donors (Lipinski definition) is 2. The average Bonchev–Trinajstić information content (AvgIpc) is 2.17. The summed E-state index contributed by atoms with van der Waals surface area (Å²) in [6, 6.07) is 3.24. The van der Waals surface area contributed by atoms with E-state index in [0.717, 1.165) is 0 Å². The minimum absolute atomic E-state index is 0.196. The van der Waals surface area contributed by atoms with Crippen molar-refractivity contribution in [2.75, 3.05) is 18.9 Å². The molecule has 0 saturated heterocycles. The molecule has 0 radical (unpaired) electrons. The normalized spacial score (nSPS) is 13.7. The van der Waals surface area contributed by atoms with Gasteiger partial charge in [0.1, 0.15) is 18.8 Å². The molecule has 1 aliphatic rings. The van der Waals surface area contributed by atoms with E-state index in [1.807, 2.05) is 0 Å². The fourth-order valence-corrected chi connectivity index (χ4v) is 1.39. The van der Waals surface area contributed by atoms with Crippen molar-refractivity contribution in [3.63, 3.8) is 0 Å². The Balaban J connectivity index is 2.60. The lowest BCUT2D eigenvalue weighted by Crippen LogP contribution is -2.21. The third-order valence-corrected chi connectivity index (χ3v) is 1.99. The molecule has 0 fully saturated rings. The minimum atomic E-state index is -0.607. The largest absolute Gasteiger partial charge is 0.486 e. The molecule has 0 aliphatic carbocycles. The molecule has 14 heavy (non-hydrogen) atoms. The second kappa shape index (κ2) is 3.10. The Bertz CT molecular complexity index is 390. The number of fused-ring (bicyclic) bond motifs is 1. The van der Waals surface area contributed by atoms with Crippen molar-refractivity contribution in [3.05, 3.63) is 17.7 Å². The third kappa shape index (κ3) is 1.22. The Morgan fingerprint density at radius 1 is 1.29 bits per heavy atom. The number of hydrogen-bond acceptors (Lipinski definition) is 4. The number of nitrogen functional groups attached to an aromatic ring is 1. The van der Waals surface area contributed by atoms with Crippen LogP contribution in [-0.2, 0) is 0 Å². The number of amides is 1. The molecule has 0 aromatic heterocycles. The highest BCUT2D eigenvalue weighted by Crippen LogP contribution is 2.36. The summed E-state index contributed by atoms with van der Waals surface area (Å²) in [5, 5.41) is 0. The first-order chi connectivity index (χ1) is 6.70. The van der Waals surface area contributed by atoms with Gasteiger partial charge in [0.05, 0.1) is 0 Å². The maximum Gasteiger partial charge on any atom is 0.254 e. The summed E-state index contributed by atoms with van der Waals surface area (Å²) < 4.78 is 10.6. The van der Waals surface area contributed by atoms with Gasteiger partial charge in [-0.25, -0.2) is 0 Å². The smallest absolute Gasteiger partial charge is 0.254 e. The van der Waals surface area contributed by atoms with Crippen molar-refractivity contribution in [2.24, 2.45) is 5.73 Å². The van der Waals surface area contributed by atoms with Crippen molar-refractivity contribution >= 4 is 11.6 Å². The number of ether oxygens (including phenoxy) is 2. The zero-order chi connectivity index (χ0) is 10.1. The first-order valence-electron chi connectivity index (χ1n) is 4.18. The van der Waals surface area contributed by atoms with Gasteiger partial charge in [-0.1, -0.05) is 0 Å². The first-order valence-corrected chi connectivity index (χ1v) is 4.18. The summed E-state index contributed by atoms with van der Waals surface area (Å²) in [6.45, 7) is 0.867. The fourth-order valence-electron chi connectivity index (χ4n) is 1.39. The molecule has 1 aromatic carbocycles. The fraction of sp³-hybridized carbons (Fsp3) is 0.222. The second-order valence-corrected chi connectivity index (χ2v) is 2.92. The van der Waals surface area contributed by atoms with Crippen LogP contribution in [0.5, 0.6) is 11.5 Å². The number of primary amides is 1. The van der Waals surface area contributed by atoms with Crippen LogP contribution in [0.1, 0.15) is 10.4 Å². The van der Waals surface area contributed by atoms with Crippen molar-refractivity contribution in [1.29, 1.82) is 0 Å². The molecule has 0 unspecified atom stereocenters. The lowest BCUT2D eigenvalue weighted by atomic mass is 10.1. The van der Waals surface area contributed by atoms with Gasteiger partial charge in [-0.3, -0.25) is 4.79 Å². The zero-order valence-corrected chi connectivity index (χ0v) is 7.45. The molecule has 0 bridgehead atoms. The molecule has 1 aliphatic heterocycles. The SMILES string of the molecule is NC(=O)c1c(N)ccc2c1OCCO2. The number of anilines is 1. The maximum absolute atomic E-state index is 11.1. The molecular formula is C9H10N2O3. The van der Waals surface area contributed by atoms with Crippen LogP contribution in [0.4, 0.5) is 5.69 Å². The van der Waals surface area contributed by atoms with Gasteiger partial charge >= 0.3 is 0 Å². The summed E-state index contributed by atoms with van der Waals surface area (Å²) in [4.78, 5) is 11.1. The Kier molecular flexibility index (Phi) is 1.92. The van der Waals surface area contributed by atoms with Crippen LogP contribution in [0.2, 0.25) is 0 Å².